The number of aromatic hydroxyl groups is 1. The van der Waals surface area contributed by atoms with E-state index >= 15 is 0 Å². The summed E-state index contributed by atoms with van der Waals surface area (Å²) in [7, 11) is 0. The molecule has 6 nitrogen and oxygen atoms in total. The first-order chi connectivity index (χ1) is 12.5. The Kier molecular flexibility index (Phi) is 4.27. The topological polar surface area (TPSA) is 85.7 Å². The Labute approximate surface area is 160 Å². The third-order valence-corrected chi connectivity index (χ3v) is 4.87. The molecule has 0 fully saturated rings. The Morgan fingerprint density at radius 1 is 1.31 bits per heavy atom. The zero-order chi connectivity index (χ0) is 18.3. The van der Waals surface area contributed by atoms with E-state index in [1.807, 2.05) is 12.1 Å². The molecule has 4 rings (SSSR count). The molecule has 0 amide bonds. The van der Waals surface area contributed by atoms with Gasteiger partial charge in [-0.3, -0.25) is 0 Å². The molecular weight excluding hydrogens is 397 g/mol. The molecule has 4 aromatic rings. The average Bonchev–Trinajstić information content (AvgIpc) is 3.12. The second-order valence-electron chi connectivity index (χ2n) is 5.27. The summed E-state index contributed by atoms with van der Waals surface area (Å²) in [5.74, 6) is -0.659. The number of aromatic nitrogens is 2. The number of hydrogen-bond acceptors (Lipinski definition) is 5. The lowest BCUT2D eigenvalue weighted by atomic mass is 10.2. The quantitative estimate of drug-likeness (QED) is 0.292. The van der Waals surface area contributed by atoms with Crippen molar-refractivity contribution < 1.29 is 9.50 Å². The normalized spacial score (nSPS) is 11.6. The van der Waals surface area contributed by atoms with Crippen molar-refractivity contribution in [1.82, 2.24) is 9.97 Å². The zero-order valence-corrected chi connectivity index (χ0v) is 15.2. The van der Waals surface area contributed by atoms with Gasteiger partial charge < -0.3 is 15.4 Å². The molecule has 0 bridgehead atoms. The summed E-state index contributed by atoms with van der Waals surface area (Å²) in [5, 5.41) is 22.2. The van der Waals surface area contributed by atoms with E-state index in [1.54, 1.807) is 6.07 Å². The zero-order valence-electron chi connectivity index (χ0n) is 12.8. The first-order valence-corrected chi connectivity index (χ1v) is 8.89. The van der Waals surface area contributed by atoms with E-state index in [2.05, 4.69) is 25.5 Å². The van der Waals surface area contributed by atoms with Crippen molar-refractivity contribution >= 4 is 72.2 Å². The molecule has 0 aliphatic carbocycles. The summed E-state index contributed by atoms with van der Waals surface area (Å²) in [6, 6.07) is 9.42. The maximum atomic E-state index is 13.4. The highest BCUT2D eigenvalue weighted by Gasteiger charge is 2.12. The van der Waals surface area contributed by atoms with Gasteiger partial charge in [0.15, 0.2) is 10.8 Å². The van der Waals surface area contributed by atoms with E-state index in [1.165, 1.54) is 29.5 Å². The fraction of sp³-hybridized carbons (Fsp3) is 0. The van der Waals surface area contributed by atoms with Crippen LogP contribution in [0.4, 0.5) is 15.2 Å². The maximum absolute atomic E-state index is 13.4. The molecule has 10 heteroatoms. The number of benzene rings is 2. The molecule has 0 aliphatic heterocycles. The number of aromatic amines is 1. The van der Waals surface area contributed by atoms with Gasteiger partial charge in [0.2, 0.25) is 11.0 Å². The average molecular weight is 406 g/mol. The van der Waals surface area contributed by atoms with Crippen LogP contribution in [0.1, 0.15) is 0 Å². The van der Waals surface area contributed by atoms with E-state index < -0.39 is 5.82 Å². The number of halogens is 2. The summed E-state index contributed by atoms with van der Waals surface area (Å²) in [6.07, 6.45) is 0. The van der Waals surface area contributed by atoms with Gasteiger partial charge in [-0.05, 0) is 48.6 Å². The first kappa shape index (κ1) is 16.8. The molecule has 0 unspecified atom stereocenters. The highest BCUT2D eigenvalue weighted by atomic mass is 35.5. The molecule has 0 radical (unpaired) electrons. The lowest BCUT2D eigenvalue weighted by molar-refractivity contribution is 0.459. The number of nitrogens with one attached hydrogen (secondary N) is 2. The van der Waals surface area contributed by atoms with Gasteiger partial charge in [-0.25, -0.2) is 9.37 Å². The molecule has 130 valence electrons. The maximum Gasteiger partial charge on any atom is 0.220 e. The van der Waals surface area contributed by atoms with Crippen molar-refractivity contribution in [3.8, 4) is 5.88 Å². The summed E-state index contributed by atoms with van der Waals surface area (Å²) in [5.41, 5.74) is 1.44. The summed E-state index contributed by atoms with van der Waals surface area (Å²) >= 11 is 12.5. The van der Waals surface area contributed by atoms with Gasteiger partial charge in [0, 0.05) is 10.4 Å². The Balaban J connectivity index is 1.57. The van der Waals surface area contributed by atoms with Gasteiger partial charge in [-0.2, -0.15) is 0 Å². The van der Waals surface area contributed by atoms with Crippen molar-refractivity contribution in [2.24, 2.45) is 10.2 Å². The minimum atomic E-state index is -0.443. The standard InChI is InChI=1S/C16H9ClFN5OS2/c17-7-1-3-11-12(5-7)26-16(20-11)21-15(25)23-22-13-9-6-8(18)2-4-10(9)19-14(13)24/h1-6,19,24H,(H,20,21,25). The van der Waals surface area contributed by atoms with Crippen LogP contribution in [0, 0.1) is 5.82 Å². The number of thiocarbonyl (C=S) groups is 1. The fourth-order valence-electron chi connectivity index (χ4n) is 2.40. The van der Waals surface area contributed by atoms with Crippen molar-refractivity contribution in [1.29, 1.82) is 0 Å². The Hall–Kier alpha value is -2.62. The van der Waals surface area contributed by atoms with Gasteiger partial charge >= 0.3 is 0 Å². The molecular formula is C16H9ClFN5OS2. The van der Waals surface area contributed by atoms with E-state index in [4.69, 9.17) is 23.8 Å². The summed E-state index contributed by atoms with van der Waals surface area (Å²) in [4.78, 5) is 7.07. The lowest BCUT2D eigenvalue weighted by Gasteiger charge is -1.97. The van der Waals surface area contributed by atoms with Gasteiger partial charge in [-0.15, -0.1) is 10.2 Å². The molecule has 26 heavy (non-hydrogen) atoms. The van der Waals surface area contributed by atoms with E-state index in [9.17, 15) is 9.50 Å². The van der Waals surface area contributed by atoms with Gasteiger partial charge in [0.1, 0.15) is 5.82 Å². The molecule has 2 heterocycles. The fourth-order valence-corrected chi connectivity index (χ4v) is 3.74. The number of nitrogens with zero attached hydrogens (tertiary/aromatic N) is 3. The van der Waals surface area contributed by atoms with Crippen molar-refractivity contribution in [2.45, 2.75) is 0 Å². The van der Waals surface area contributed by atoms with Crippen LogP contribution < -0.4 is 5.32 Å². The molecule has 2 aromatic heterocycles. The van der Waals surface area contributed by atoms with Gasteiger partial charge in [0.25, 0.3) is 0 Å². The molecule has 0 aliphatic rings. The third-order valence-electron chi connectivity index (χ3n) is 3.52. The van der Waals surface area contributed by atoms with Crippen LogP contribution in [0.25, 0.3) is 21.1 Å². The molecule has 3 N–H and O–H groups in total. The smallest absolute Gasteiger partial charge is 0.220 e. The molecule has 0 saturated heterocycles. The molecule has 2 aromatic carbocycles. The second-order valence-corrected chi connectivity index (χ2v) is 7.13. The van der Waals surface area contributed by atoms with E-state index in [-0.39, 0.29) is 16.7 Å². The number of rotatable bonds is 2. The number of anilines is 1. The number of hydrogen-bond donors (Lipinski definition) is 3. The van der Waals surface area contributed by atoms with Crippen LogP contribution in [0.5, 0.6) is 5.88 Å². The molecule has 0 atom stereocenters. The van der Waals surface area contributed by atoms with Crippen molar-refractivity contribution in [3.05, 3.63) is 47.2 Å². The van der Waals surface area contributed by atoms with Crippen LogP contribution in [0.2, 0.25) is 5.02 Å². The van der Waals surface area contributed by atoms with Crippen molar-refractivity contribution in [2.75, 3.05) is 5.32 Å². The predicted molar refractivity (Wildman–Crippen MR) is 105 cm³/mol. The van der Waals surface area contributed by atoms with Gasteiger partial charge in [0.05, 0.1) is 15.7 Å². The molecule has 0 saturated carbocycles. The van der Waals surface area contributed by atoms with E-state index in [0.29, 0.717) is 21.1 Å². The highest BCUT2D eigenvalue weighted by molar-refractivity contribution is 7.80. The van der Waals surface area contributed by atoms with Crippen LogP contribution in [-0.4, -0.2) is 20.2 Å². The highest BCUT2D eigenvalue weighted by Crippen LogP contribution is 2.36. The largest absolute Gasteiger partial charge is 0.493 e. The second kappa shape index (κ2) is 6.60. The lowest BCUT2D eigenvalue weighted by Crippen LogP contribution is -2.04. The Morgan fingerprint density at radius 2 is 2.15 bits per heavy atom. The number of H-pyrrole nitrogens is 1. The molecule has 0 spiro atoms. The summed E-state index contributed by atoms with van der Waals surface area (Å²) < 4.78 is 14.3. The monoisotopic (exact) mass is 405 g/mol. The number of thiazole rings is 1. The van der Waals surface area contributed by atoms with Crippen LogP contribution >= 0.6 is 35.2 Å². The Morgan fingerprint density at radius 3 is 3.00 bits per heavy atom. The minimum Gasteiger partial charge on any atom is -0.493 e. The van der Waals surface area contributed by atoms with E-state index in [0.717, 1.165) is 10.2 Å². The third kappa shape index (κ3) is 3.24. The van der Waals surface area contributed by atoms with Crippen LogP contribution in [0.15, 0.2) is 46.6 Å². The predicted octanol–water partition coefficient (Wildman–Crippen LogP) is 5.76. The van der Waals surface area contributed by atoms with Crippen LogP contribution in [0.3, 0.4) is 0 Å². The minimum absolute atomic E-state index is 0.0558. The SMILES string of the molecule is Oc1[nH]c2ccc(F)cc2c1N=NC(=S)Nc1nc2ccc(Cl)cc2s1. The Bertz CT molecular complexity index is 1190. The number of azo groups is 1. The van der Waals surface area contributed by atoms with Crippen LogP contribution in [-0.2, 0) is 0 Å². The number of fused-ring (bicyclic) bond motifs is 2. The van der Waals surface area contributed by atoms with Gasteiger partial charge in [-0.1, -0.05) is 22.9 Å². The summed E-state index contributed by atoms with van der Waals surface area (Å²) in [6.45, 7) is 0. The first-order valence-electron chi connectivity index (χ1n) is 7.28. The van der Waals surface area contributed by atoms with Crippen molar-refractivity contribution in [3.63, 3.8) is 0 Å².